The van der Waals surface area contributed by atoms with E-state index in [1.165, 1.54) is 7.11 Å². The van der Waals surface area contributed by atoms with E-state index in [1.807, 2.05) is 0 Å². The monoisotopic (exact) mass is 316 g/mol. The second kappa shape index (κ2) is 5.69. The van der Waals surface area contributed by atoms with Crippen LogP contribution < -0.4 is 15.4 Å². The average Bonchev–Trinajstić information content (AvgIpc) is 2.86. The number of carbonyl (C=O) groups excluding carboxylic acids is 2. The number of hydrogen-bond acceptors (Lipinski definition) is 3. The molecule has 0 aliphatic carbocycles. The highest BCUT2D eigenvalue weighted by Crippen LogP contribution is 2.28. The van der Waals surface area contributed by atoms with Crippen LogP contribution >= 0.6 is 11.6 Å². The van der Waals surface area contributed by atoms with Crippen molar-refractivity contribution in [3.8, 4) is 5.75 Å². The summed E-state index contributed by atoms with van der Waals surface area (Å²) in [7, 11) is 1.48. The number of hydrogen-bond donors (Lipinski definition) is 2. The van der Waals surface area contributed by atoms with Crippen molar-refractivity contribution in [2.24, 2.45) is 0 Å². The Morgan fingerprint density at radius 1 is 1.27 bits per heavy atom. The minimum absolute atomic E-state index is 0.0437. The number of anilines is 2. The highest BCUT2D eigenvalue weighted by atomic mass is 35.5. The highest BCUT2D eigenvalue weighted by molar-refractivity contribution is 6.31. The maximum absolute atomic E-state index is 12.4. The normalized spacial score (nSPS) is 12.5. The van der Waals surface area contributed by atoms with Crippen LogP contribution in [0.25, 0.3) is 0 Å². The highest BCUT2D eigenvalue weighted by Gasteiger charge is 2.19. The molecular formula is C16H13ClN2O3. The van der Waals surface area contributed by atoms with Gasteiger partial charge in [-0.3, -0.25) is 9.59 Å². The van der Waals surface area contributed by atoms with Crippen LogP contribution in [0.15, 0.2) is 36.4 Å². The van der Waals surface area contributed by atoms with Crippen molar-refractivity contribution in [1.29, 1.82) is 0 Å². The van der Waals surface area contributed by atoms with Crippen molar-refractivity contribution < 1.29 is 14.3 Å². The fraction of sp³-hybridized carbons (Fsp3) is 0.125. The zero-order valence-electron chi connectivity index (χ0n) is 11.8. The third kappa shape index (κ3) is 2.76. The van der Waals surface area contributed by atoms with Crippen molar-refractivity contribution in [1.82, 2.24) is 0 Å². The maximum Gasteiger partial charge on any atom is 0.259 e. The Kier molecular flexibility index (Phi) is 3.73. The fourth-order valence-corrected chi connectivity index (χ4v) is 2.52. The van der Waals surface area contributed by atoms with Crippen LogP contribution in [-0.2, 0) is 11.2 Å². The molecule has 0 radical (unpaired) electrons. The summed E-state index contributed by atoms with van der Waals surface area (Å²) < 4.78 is 5.17. The first-order valence-corrected chi connectivity index (χ1v) is 7.02. The van der Waals surface area contributed by atoms with Crippen molar-refractivity contribution in [3.63, 3.8) is 0 Å². The van der Waals surface area contributed by atoms with E-state index >= 15 is 0 Å². The van der Waals surface area contributed by atoms with Gasteiger partial charge in [-0.25, -0.2) is 0 Å². The lowest BCUT2D eigenvalue weighted by Crippen LogP contribution is -2.13. The zero-order valence-corrected chi connectivity index (χ0v) is 12.5. The summed E-state index contributed by atoms with van der Waals surface area (Å²) in [6, 6.07) is 10.1. The van der Waals surface area contributed by atoms with E-state index in [-0.39, 0.29) is 11.8 Å². The van der Waals surface area contributed by atoms with Gasteiger partial charge in [0.05, 0.1) is 19.1 Å². The number of fused-ring (bicyclic) bond motifs is 1. The summed E-state index contributed by atoms with van der Waals surface area (Å²) in [5.41, 5.74) is 2.66. The van der Waals surface area contributed by atoms with Crippen LogP contribution in [0.3, 0.4) is 0 Å². The van der Waals surface area contributed by atoms with Gasteiger partial charge in [-0.15, -0.1) is 0 Å². The average molecular weight is 317 g/mol. The molecule has 6 heteroatoms. The van der Waals surface area contributed by atoms with Crippen LogP contribution in [0.1, 0.15) is 15.9 Å². The molecule has 0 saturated carbocycles. The number of ether oxygens (including phenoxy) is 1. The first kappa shape index (κ1) is 14.4. The molecule has 1 heterocycles. The van der Waals surface area contributed by atoms with Crippen molar-refractivity contribution in [3.05, 3.63) is 52.5 Å². The van der Waals surface area contributed by atoms with E-state index in [2.05, 4.69) is 10.6 Å². The zero-order chi connectivity index (χ0) is 15.7. The fourth-order valence-electron chi connectivity index (χ4n) is 2.36. The predicted octanol–water partition coefficient (Wildman–Crippen LogP) is 3.10. The maximum atomic E-state index is 12.4. The second-order valence-corrected chi connectivity index (χ2v) is 5.33. The molecule has 2 aromatic carbocycles. The molecule has 1 aliphatic rings. The summed E-state index contributed by atoms with van der Waals surface area (Å²) in [6.45, 7) is 0. The second-order valence-electron chi connectivity index (χ2n) is 4.90. The molecule has 0 saturated heterocycles. The van der Waals surface area contributed by atoms with E-state index in [9.17, 15) is 9.59 Å². The molecule has 2 N–H and O–H groups in total. The van der Waals surface area contributed by atoms with Crippen LogP contribution in [0.4, 0.5) is 11.4 Å². The molecule has 0 fully saturated rings. The number of rotatable bonds is 3. The summed E-state index contributed by atoms with van der Waals surface area (Å²) in [5.74, 6) is 0.0617. The Morgan fingerprint density at radius 3 is 2.86 bits per heavy atom. The molecule has 0 unspecified atom stereocenters. The van der Waals surface area contributed by atoms with Gasteiger partial charge in [0.25, 0.3) is 5.91 Å². The Hall–Kier alpha value is -2.53. The van der Waals surface area contributed by atoms with Gasteiger partial charge >= 0.3 is 0 Å². The first-order chi connectivity index (χ1) is 10.6. The van der Waals surface area contributed by atoms with Gasteiger partial charge in [-0.05, 0) is 42.0 Å². The third-order valence-corrected chi connectivity index (χ3v) is 3.63. The summed E-state index contributed by atoms with van der Waals surface area (Å²) in [6.07, 6.45) is 0.323. The minimum atomic E-state index is -0.300. The lowest BCUT2D eigenvalue weighted by Gasteiger charge is -2.10. The molecule has 0 spiro atoms. The topological polar surface area (TPSA) is 67.4 Å². The Morgan fingerprint density at radius 2 is 2.09 bits per heavy atom. The first-order valence-electron chi connectivity index (χ1n) is 6.64. The van der Waals surface area contributed by atoms with Gasteiger partial charge in [0, 0.05) is 16.4 Å². The van der Waals surface area contributed by atoms with E-state index in [0.29, 0.717) is 28.4 Å². The standard InChI is InChI=1S/C16H13ClN2O3/c1-22-14-8-10(17)2-4-12(14)16(21)18-11-3-5-13-9(6-11)7-15(20)19-13/h2-6,8H,7H2,1H3,(H,18,21)(H,19,20). The smallest absolute Gasteiger partial charge is 0.259 e. The van der Waals surface area contributed by atoms with Crippen LogP contribution in [-0.4, -0.2) is 18.9 Å². The summed E-state index contributed by atoms with van der Waals surface area (Å²) >= 11 is 5.89. The van der Waals surface area contributed by atoms with Gasteiger partial charge in [0.1, 0.15) is 5.75 Å². The van der Waals surface area contributed by atoms with Gasteiger partial charge in [-0.1, -0.05) is 11.6 Å². The molecule has 112 valence electrons. The van der Waals surface area contributed by atoms with Crippen LogP contribution in [0.5, 0.6) is 5.75 Å². The predicted molar refractivity (Wildman–Crippen MR) is 84.7 cm³/mol. The third-order valence-electron chi connectivity index (χ3n) is 3.40. The largest absolute Gasteiger partial charge is 0.496 e. The van der Waals surface area contributed by atoms with Gasteiger partial charge < -0.3 is 15.4 Å². The lowest BCUT2D eigenvalue weighted by atomic mass is 10.1. The van der Waals surface area contributed by atoms with E-state index < -0.39 is 0 Å². The molecule has 5 nitrogen and oxygen atoms in total. The Balaban J connectivity index is 1.83. The van der Waals surface area contributed by atoms with Gasteiger partial charge in [-0.2, -0.15) is 0 Å². The van der Waals surface area contributed by atoms with Crippen LogP contribution in [0, 0.1) is 0 Å². The number of amides is 2. The number of carbonyl (C=O) groups is 2. The molecule has 1 aliphatic heterocycles. The molecular weight excluding hydrogens is 304 g/mol. The number of methoxy groups -OCH3 is 1. The molecule has 0 atom stereocenters. The summed E-state index contributed by atoms with van der Waals surface area (Å²) in [4.78, 5) is 23.7. The van der Waals surface area contributed by atoms with Crippen molar-refractivity contribution >= 4 is 34.8 Å². The van der Waals surface area contributed by atoms with Gasteiger partial charge in [0.2, 0.25) is 5.91 Å². The number of halogens is 1. The van der Waals surface area contributed by atoms with Gasteiger partial charge in [0.15, 0.2) is 0 Å². The van der Waals surface area contributed by atoms with E-state index in [4.69, 9.17) is 16.3 Å². The number of nitrogens with one attached hydrogen (secondary N) is 2. The lowest BCUT2D eigenvalue weighted by molar-refractivity contribution is -0.115. The molecule has 2 amide bonds. The Labute approximate surface area is 132 Å². The van der Waals surface area contributed by atoms with E-state index in [0.717, 1.165) is 11.3 Å². The van der Waals surface area contributed by atoms with Crippen LogP contribution in [0.2, 0.25) is 5.02 Å². The molecule has 0 bridgehead atoms. The number of benzene rings is 2. The van der Waals surface area contributed by atoms with Crippen molar-refractivity contribution in [2.75, 3.05) is 17.7 Å². The summed E-state index contributed by atoms with van der Waals surface area (Å²) in [5, 5.41) is 6.04. The Bertz CT molecular complexity index is 774. The van der Waals surface area contributed by atoms with Crippen molar-refractivity contribution in [2.45, 2.75) is 6.42 Å². The molecule has 22 heavy (non-hydrogen) atoms. The minimum Gasteiger partial charge on any atom is -0.496 e. The molecule has 0 aromatic heterocycles. The quantitative estimate of drug-likeness (QED) is 0.914. The van der Waals surface area contributed by atoms with E-state index in [1.54, 1.807) is 36.4 Å². The molecule has 2 aromatic rings. The molecule has 3 rings (SSSR count). The SMILES string of the molecule is COc1cc(Cl)ccc1C(=O)Nc1ccc2c(c1)CC(=O)N2.